The standard InChI is InChI=1S/C31H31ClF3N7O3/c1-4-23(43)40-14-15-41(18(2)16-40)27-25-26(37-30(38-27)45-17-20-10-7-13-39(20)3)28(44)42(29(36-25)31(33,34)35)22-12-6-9-19-8-5-11-21(32)24(19)22/h4-6,8-9,11-12,18,20H,1,7,10,13-17H2,2-3H3. The molecule has 2 aliphatic heterocycles. The van der Waals surface area contributed by atoms with Crippen molar-refractivity contribution in [2.24, 2.45) is 0 Å². The van der Waals surface area contributed by atoms with Crippen molar-refractivity contribution in [2.45, 2.75) is 38.0 Å². The Morgan fingerprint density at radius 2 is 1.87 bits per heavy atom. The lowest BCUT2D eigenvalue weighted by Crippen LogP contribution is -2.53. The Labute approximate surface area is 261 Å². The van der Waals surface area contributed by atoms with Crippen molar-refractivity contribution in [3.63, 3.8) is 0 Å². The maximum atomic E-state index is 14.8. The molecule has 0 radical (unpaired) electrons. The molecule has 14 heteroatoms. The lowest BCUT2D eigenvalue weighted by molar-refractivity contribution is -0.146. The number of hydrogen-bond donors (Lipinski definition) is 0. The van der Waals surface area contributed by atoms with Gasteiger partial charge in [0, 0.05) is 37.1 Å². The molecule has 2 fully saturated rings. The summed E-state index contributed by atoms with van der Waals surface area (Å²) < 4.78 is 50.9. The van der Waals surface area contributed by atoms with E-state index in [1.165, 1.54) is 12.1 Å². The summed E-state index contributed by atoms with van der Waals surface area (Å²) in [6.07, 6.45) is -1.91. The van der Waals surface area contributed by atoms with Crippen LogP contribution in [0.25, 0.3) is 27.5 Å². The lowest BCUT2D eigenvalue weighted by atomic mass is 10.1. The molecule has 4 heterocycles. The monoisotopic (exact) mass is 641 g/mol. The van der Waals surface area contributed by atoms with Crippen LogP contribution >= 0.6 is 11.6 Å². The van der Waals surface area contributed by atoms with Crippen molar-refractivity contribution >= 4 is 45.1 Å². The predicted octanol–water partition coefficient (Wildman–Crippen LogP) is 4.70. The van der Waals surface area contributed by atoms with Crippen LogP contribution in [0, 0.1) is 0 Å². The molecule has 0 saturated carbocycles. The molecule has 6 rings (SSSR count). The van der Waals surface area contributed by atoms with Crippen LogP contribution in [-0.4, -0.2) is 87.1 Å². The second-order valence-corrected chi connectivity index (χ2v) is 11.7. The van der Waals surface area contributed by atoms with Gasteiger partial charge in [-0.05, 0) is 57.0 Å². The molecule has 0 bridgehead atoms. The van der Waals surface area contributed by atoms with Crippen LogP contribution < -0.4 is 15.2 Å². The summed E-state index contributed by atoms with van der Waals surface area (Å²) in [5, 5.41) is 0.994. The molecule has 1 amide bonds. The number of ether oxygens (including phenoxy) is 1. The molecule has 45 heavy (non-hydrogen) atoms. The minimum atomic E-state index is -5.03. The van der Waals surface area contributed by atoms with E-state index in [1.807, 2.05) is 14.0 Å². The van der Waals surface area contributed by atoms with Gasteiger partial charge in [0.05, 0.1) is 10.7 Å². The number of aromatic nitrogens is 4. The predicted molar refractivity (Wildman–Crippen MR) is 165 cm³/mol. The van der Waals surface area contributed by atoms with Gasteiger partial charge in [-0.1, -0.05) is 42.4 Å². The molecule has 2 atom stereocenters. The molecule has 236 valence electrons. The highest BCUT2D eigenvalue weighted by Gasteiger charge is 2.40. The van der Waals surface area contributed by atoms with Crippen LogP contribution in [-0.2, 0) is 11.0 Å². The Hall–Kier alpha value is -4.23. The van der Waals surface area contributed by atoms with E-state index in [0.29, 0.717) is 9.95 Å². The van der Waals surface area contributed by atoms with Crippen molar-refractivity contribution in [3.8, 4) is 11.7 Å². The third kappa shape index (κ3) is 5.70. The number of rotatable bonds is 6. The number of alkyl halides is 3. The minimum absolute atomic E-state index is 0.0266. The Morgan fingerprint density at radius 1 is 1.11 bits per heavy atom. The highest BCUT2D eigenvalue weighted by atomic mass is 35.5. The molecule has 2 aromatic carbocycles. The maximum Gasteiger partial charge on any atom is 0.450 e. The van der Waals surface area contributed by atoms with E-state index in [2.05, 4.69) is 26.4 Å². The minimum Gasteiger partial charge on any atom is -0.462 e. The average molecular weight is 642 g/mol. The number of nitrogens with zero attached hydrogens (tertiary/aromatic N) is 7. The quantitative estimate of drug-likeness (QED) is 0.280. The smallest absolute Gasteiger partial charge is 0.450 e. The van der Waals surface area contributed by atoms with E-state index in [1.54, 1.807) is 40.1 Å². The normalized spacial score (nSPS) is 19.4. The van der Waals surface area contributed by atoms with Crippen LogP contribution in [0.4, 0.5) is 19.0 Å². The Bertz CT molecular complexity index is 1860. The number of hydrogen-bond acceptors (Lipinski definition) is 8. The second kappa shape index (κ2) is 11.9. The zero-order valence-corrected chi connectivity index (χ0v) is 25.5. The SMILES string of the molecule is C=CC(=O)N1CCN(c2nc(OCC3CCCN3C)nc3c(=O)n(-c4cccc5cccc(Cl)c45)c(C(F)(F)F)nc23)C(C)C1. The summed E-state index contributed by atoms with van der Waals surface area (Å²) in [5.74, 6) is -1.67. The number of benzene rings is 2. The zero-order chi connectivity index (χ0) is 32.0. The van der Waals surface area contributed by atoms with Crippen molar-refractivity contribution in [3.05, 3.63) is 70.3 Å². The summed E-state index contributed by atoms with van der Waals surface area (Å²) in [5.41, 5.74) is -1.76. The van der Waals surface area contributed by atoms with Crippen molar-refractivity contribution in [1.82, 2.24) is 29.3 Å². The van der Waals surface area contributed by atoms with Gasteiger partial charge in [-0.3, -0.25) is 14.2 Å². The van der Waals surface area contributed by atoms with Gasteiger partial charge in [-0.2, -0.15) is 23.1 Å². The van der Waals surface area contributed by atoms with Gasteiger partial charge in [-0.25, -0.2) is 4.98 Å². The number of carbonyl (C=O) groups excluding carboxylic acids is 1. The van der Waals surface area contributed by atoms with Crippen molar-refractivity contribution < 1.29 is 22.7 Å². The summed E-state index contributed by atoms with van der Waals surface area (Å²) in [4.78, 5) is 45.0. The molecule has 4 aromatic rings. The van der Waals surface area contributed by atoms with E-state index >= 15 is 0 Å². The molecular weight excluding hydrogens is 611 g/mol. The topological polar surface area (TPSA) is 96.7 Å². The fourth-order valence-electron chi connectivity index (χ4n) is 6.14. The number of anilines is 1. The van der Waals surface area contributed by atoms with Gasteiger partial charge in [0.2, 0.25) is 11.7 Å². The first-order valence-electron chi connectivity index (χ1n) is 14.6. The molecule has 0 aliphatic carbocycles. The summed E-state index contributed by atoms with van der Waals surface area (Å²) in [6, 6.07) is 9.13. The molecule has 0 spiro atoms. The number of halogens is 4. The van der Waals surface area contributed by atoms with E-state index in [0.717, 1.165) is 19.4 Å². The van der Waals surface area contributed by atoms with Gasteiger partial charge in [0.15, 0.2) is 11.3 Å². The molecule has 2 aromatic heterocycles. The molecule has 0 N–H and O–H groups in total. The van der Waals surface area contributed by atoms with Crippen LogP contribution in [0.1, 0.15) is 25.6 Å². The second-order valence-electron chi connectivity index (χ2n) is 11.3. The van der Waals surface area contributed by atoms with Crippen LogP contribution in [0.5, 0.6) is 6.01 Å². The van der Waals surface area contributed by atoms with Crippen LogP contribution in [0.3, 0.4) is 0 Å². The van der Waals surface area contributed by atoms with Gasteiger partial charge in [0.1, 0.15) is 12.1 Å². The molecule has 2 aliphatic rings. The number of likely N-dealkylation sites (N-methyl/N-ethyl adjacent to an activating group) is 1. The average Bonchev–Trinajstić information content (AvgIpc) is 3.43. The highest BCUT2D eigenvalue weighted by Crippen LogP contribution is 2.36. The van der Waals surface area contributed by atoms with E-state index in [-0.39, 0.29) is 83.2 Å². The molecule has 10 nitrogen and oxygen atoms in total. The third-order valence-corrected chi connectivity index (χ3v) is 8.78. The highest BCUT2D eigenvalue weighted by molar-refractivity contribution is 6.36. The fourth-order valence-corrected chi connectivity index (χ4v) is 6.41. The number of amides is 1. The van der Waals surface area contributed by atoms with E-state index in [9.17, 15) is 22.8 Å². The molecular formula is C31H31ClF3N7O3. The maximum absolute atomic E-state index is 14.8. The van der Waals surface area contributed by atoms with Crippen molar-refractivity contribution in [2.75, 3.05) is 44.7 Å². The van der Waals surface area contributed by atoms with E-state index in [4.69, 9.17) is 16.3 Å². The van der Waals surface area contributed by atoms with E-state index < -0.39 is 17.6 Å². The Balaban J connectivity index is 1.58. The van der Waals surface area contributed by atoms with Crippen LogP contribution in [0.15, 0.2) is 53.8 Å². The van der Waals surface area contributed by atoms with Gasteiger partial charge in [0.25, 0.3) is 5.56 Å². The number of carbonyl (C=O) groups is 1. The summed E-state index contributed by atoms with van der Waals surface area (Å²) in [6.45, 7) is 7.25. The summed E-state index contributed by atoms with van der Waals surface area (Å²) >= 11 is 6.47. The van der Waals surface area contributed by atoms with Crippen molar-refractivity contribution in [1.29, 1.82) is 0 Å². The molecule has 2 saturated heterocycles. The summed E-state index contributed by atoms with van der Waals surface area (Å²) in [7, 11) is 1.98. The lowest BCUT2D eigenvalue weighted by Gasteiger charge is -2.40. The first kappa shape index (κ1) is 30.8. The largest absolute Gasteiger partial charge is 0.462 e. The third-order valence-electron chi connectivity index (χ3n) is 8.47. The first-order valence-corrected chi connectivity index (χ1v) is 15.0. The number of likely N-dealkylation sites (tertiary alicyclic amines) is 1. The van der Waals surface area contributed by atoms with Gasteiger partial charge in [-0.15, -0.1) is 0 Å². The zero-order valence-electron chi connectivity index (χ0n) is 24.7. The number of piperazine rings is 1. The number of fused-ring (bicyclic) bond motifs is 2. The first-order chi connectivity index (χ1) is 21.5. The Morgan fingerprint density at radius 3 is 2.53 bits per heavy atom. The van der Waals surface area contributed by atoms with Crippen LogP contribution in [0.2, 0.25) is 5.02 Å². The van der Waals surface area contributed by atoms with Gasteiger partial charge >= 0.3 is 12.2 Å². The Kier molecular flexibility index (Phi) is 8.16. The van der Waals surface area contributed by atoms with Gasteiger partial charge < -0.3 is 19.4 Å². The fraction of sp³-hybridized carbons (Fsp3) is 0.387. The molecule has 2 unspecified atom stereocenters.